The van der Waals surface area contributed by atoms with Gasteiger partial charge in [-0.1, -0.05) is 27.7 Å². The van der Waals surface area contributed by atoms with Gasteiger partial charge in [0.25, 0.3) is 0 Å². The SMILES string of the molecule is CC.CCC(C)(CCF)C(N)=O. The predicted molar refractivity (Wildman–Crippen MR) is 49.5 cm³/mol. The third-order valence-corrected chi connectivity index (χ3v) is 2.02. The van der Waals surface area contributed by atoms with Crippen molar-refractivity contribution in [2.75, 3.05) is 6.67 Å². The zero-order valence-corrected chi connectivity index (χ0v) is 8.48. The normalized spacial score (nSPS) is 14.1. The Labute approximate surface area is 74.3 Å². The third-order valence-electron chi connectivity index (χ3n) is 2.02. The van der Waals surface area contributed by atoms with E-state index in [1.807, 2.05) is 20.8 Å². The zero-order chi connectivity index (χ0) is 10.2. The first-order chi connectivity index (χ1) is 5.56. The number of halogens is 1. The smallest absolute Gasteiger partial charge is 0.223 e. The second kappa shape index (κ2) is 7.07. The van der Waals surface area contributed by atoms with E-state index in [4.69, 9.17) is 5.73 Å². The van der Waals surface area contributed by atoms with Crippen molar-refractivity contribution in [1.82, 2.24) is 0 Å². The number of rotatable bonds is 4. The van der Waals surface area contributed by atoms with E-state index in [-0.39, 0.29) is 6.42 Å². The molecule has 0 aromatic rings. The van der Waals surface area contributed by atoms with Gasteiger partial charge in [0.05, 0.1) is 6.67 Å². The Morgan fingerprint density at radius 3 is 2.00 bits per heavy atom. The molecule has 0 fully saturated rings. The molecule has 0 rings (SSSR count). The van der Waals surface area contributed by atoms with Gasteiger partial charge in [0.2, 0.25) is 5.91 Å². The Bertz CT molecular complexity index is 128. The number of hydrogen-bond acceptors (Lipinski definition) is 1. The quantitative estimate of drug-likeness (QED) is 0.703. The molecule has 2 N–H and O–H groups in total. The third kappa shape index (κ3) is 4.31. The van der Waals surface area contributed by atoms with E-state index >= 15 is 0 Å². The van der Waals surface area contributed by atoms with Crippen LogP contribution in [0.25, 0.3) is 0 Å². The fourth-order valence-corrected chi connectivity index (χ4v) is 0.683. The highest BCUT2D eigenvalue weighted by molar-refractivity contribution is 5.80. The zero-order valence-electron chi connectivity index (χ0n) is 8.48. The fourth-order valence-electron chi connectivity index (χ4n) is 0.683. The molecule has 0 aliphatic heterocycles. The van der Waals surface area contributed by atoms with E-state index in [9.17, 15) is 9.18 Å². The maximum atomic E-state index is 11.8. The van der Waals surface area contributed by atoms with Crippen LogP contribution in [0.3, 0.4) is 0 Å². The van der Waals surface area contributed by atoms with Crippen molar-refractivity contribution in [2.24, 2.45) is 11.1 Å². The average molecular weight is 177 g/mol. The standard InChI is InChI=1S/C7H14FNO.C2H6/c1-3-7(2,4-5-8)6(9)10;1-2/h3-5H2,1-2H3,(H2,9,10);1-2H3. The van der Waals surface area contributed by atoms with Crippen molar-refractivity contribution < 1.29 is 9.18 Å². The molecule has 0 aromatic carbocycles. The van der Waals surface area contributed by atoms with Crippen LogP contribution in [0.2, 0.25) is 0 Å². The molecule has 1 atom stereocenters. The maximum Gasteiger partial charge on any atom is 0.223 e. The molecule has 0 saturated heterocycles. The second-order valence-corrected chi connectivity index (χ2v) is 2.72. The van der Waals surface area contributed by atoms with E-state index in [2.05, 4.69) is 0 Å². The van der Waals surface area contributed by atoms with Crippen LogP contribution in [-0.2, 0) is 4.79 Å². The molecule has 0 aliphatic rings. The van der Waals surface area contributed by atoms with Crippen molar-refractivity contribution in [3.63, 3.8) is 0 Å². The van der Waals surface area contributed by atoms with Gasteiger partial charge in [0.1, 0.15) is 0 Å². The van der Waals surface area contributed by atoms with Crippen molar-refractivity contribution in [3.8, 4) is 0 Å². The summed E-state index contributed by atoms with van der Waals surface area (Å²) in [5.41, 5.74) is 4.42. The van der Waals surface area contributed by atoms with E-state index in [1.54, 1.807) is 6.92 Å². The topological polar surface area (TPSA) is 43.1 Å². The fraction of sp³-hybridized carbons (Fsp3) is 0.889. The van der Waals surface area contributed by atoms with Crippen molar-refractivity contribution >= 4 is 5.91 Å². The molecule has 0 heterocycles. The number of alkyl halides is 1. The Morgan fingerprint density at radius 1 is 1.50 bits per heavy atom. The van der Waals surface area contributed by atoms with Gasteiger partial charge in [-0.25, -0.2) is 0 Å². The average Bonchev–Trinajstić information content (AvgIpc) is 2.08. The monoisotopic (exact) mass is 177 g/mol. The second-order valence-electron chi connectivity index (χ2n) is 2.72. The van der Waals surface area contributed by atoms with Crippen LogP contribution < -0.4 is 5.73 Å². The number of hydrogen-bond donors (Lipinski definition) is 1. The van der Waals surface area contributed by atoms with E-state index in [1.165, 1.54) is 0 Å². The van der Waals surface area contributed by atoms with Crippen LogP contribution in [0, 0.1) is 5.41 Å². The first-order valence-corrected chi connectivity index (χ1v) is 4.42. The molecular formula is C9H20FNO. The van der Waals surface area contributed by atoms with Gasteiger partial charge < -0.3 is 5.73 Å². The maximum absolute atomic E-state index is 11.8. The Hall–Kier alpha value is -0.600. The first kappa shape index (κ1) is 14.0. The highest BCUT2D eigenvalue weighted by atomic mass is 19.1. The lowest BCUT2D eigenvalue weighted by Crippen LogP contribution is -2.34. The van der Waals surface area contributed by atoms with Crippen molar-refractivity contribution in [2.45, 2.75) is 40.5 Å². The van der Waals surface area contributed by atoms with E-state index in [0.717, 1.165) is 0 Å². The van der Waals surface area contributed by atoms with E-state index < -0.39 is 18.0 Å². The Morgan fingerprint density at radius 2 is 1.92 bits per heavy atom. The Balaban J connectivity index is 0. The van der Waals surface area contributed by atoms with Crippen LogP contribution >= 0.6 is 0 Å². The molecule has 2 nitrogen and oxygen atoms in total. The summed E-state index contributed by atoms with van der Waals surface area (Å²) in [6.45, 7) is 7.04. The van der Waals surface area contributed by atoms with Gasteiger partial charge >= 0.3 is 0 Å². The highest BCUT2D eigenvalue weighted by Crippen LogP contribution is 2.24. The van der Waals surface area contributed by atoms with E-state index in [0.29, 0.717) is 6.42 Å². The molecule has 0 aliphatic carbocycles. The summed E-state index contributed by atoms with van der Waals surface area (Å²) in [7, 11) is 0. The molecule has 1 amide bonds. The number of nitrogens with two attached hydrogens (primary N) is 1. The minimum absolute atomic E-state index is 0.235. The van der Waals surface area contributed by atoms with Crippen LogP contribution in [-0.4, -0.2) is 12.6 Å². The van der Waals surface area contributed by atoms with Crippen LogP contribution in [0.1, 0.15) is 40.5 Å². The number of amides is 1. The summed E-state index contributed by atoms with van der Waals surface area (Å²) < 4.78 is 11.8. The molecular weight excluding hydrogens is 157 g/mol. The van der Waals surface area contributed by atoms with Crippen LogP contribution in [0.5, 0.6) is 0 Å². The van der Waals surface area contributed by atoms with Crippen LogP contribution in [0.4, 0.5) is 4.39 Å². The first-order valence-electron chi connectivity index (χ1n) is 4.42. The molecule has 0 aromatic heterocycles. The molecule has 74 valence electrons. The van der Waals surface area contributed by atoms with Gasteiger partial charge in [-0.15, -0.1) is 0 Å². The summed E-state index contributed by atoms with van der Waals surface area (Å²) >= 11 is 0. The van der Waals surface area contributed by atoms with Gasteiger partial charge in [0.15, 0.2) is 0 Å². The summed E-state index contributed by atoms with van der Waals surface area (Å²) in [5, 5.41) is 0. The summed E-state index contributed by atoms with van der Waals surface area (Å²) in [4.78, 5) is 10.7. The number of carbonyl (C=O) groups excluding carboxylic acids is 1. The largest absolute Gasteiger partial charge is 0.369 e. The molecule has 12 heavy (non-hydrogen) atoms. The lowest BCUT2D eigenvalue weighted by Gasteiger charge is -2.21. The van der Waals surface area contributed by atoms with Gasteiger partial charge in [0, 0.05) is 5.41 Å². The van der Waals surface area contributed by atoms with Crippen molar-refractivity contribution in [3.05, 3.63) is 0 Å². The predicted octanol–water partition coefficient (Wildman–Crippen LogP) is 2.27. The molecule has 0 saturated carbocycles. The molecule has 3 heteroatoms. The minimum atomic E-state index is -0.644. The van der Waals surface area contributed by atoms with Gasteiger partial charge in [-0.05, 0) is 12.8 Å². The minimum Gasteiger partial charge on any atom is -0.369 e. The molecule has 0 radical (unpaired) electrons. The molecule has 0 spiro atoms. The van der Waals surface area contributed by atoms with Crippen molar-refractivity contribution in [1.29, 1.82) is 0 Å². The van der Waals surface area contributed by atoms with Gasteiger partial charge in [-0.3, -0.25) is 9.18 Å². The lowest BCUT2D eigenvalue weighted by molar-refractivity contribution is -0.127. The summed E-state index contributed by atoms with van der Waals surface area (Å²) in [5.74, 6) is -0.410. The number of carbonyl (C=O) groups is 1. The summed E-state index contributed by atoms with van der Waals surface area (Å²) in [6, 6.07) is 0. The Kier molecular flexibility index (Phi) is 8.22. The summed E-state index contributed by atoms with van der Waals surface area (Å²) in [6.07, 6.45) is 0.838. The molecule has 0 bridgehead atoms. The molecule has 1 unspecified atom stereocenters. The van der Waals surface area contributed by atoms with Crippen LogP contribution in [0.15, 0.2) is 0 Å². The van der Waals surface area contributed by atoms with Gasteiger partial charge in [-0.2, -0.15) is 0 Å². The number of primary amides is 1. The lowest BCUT2D eigenvalue weighted by atomic mass is 9.84. The highest BCUT2D eigenvalue weighted by Gasteiger charge is 2.27.